The van der Waals surface area contributed by atoms with Crippen molar-refractivity contribution in [3.05, 3.63) is 65.7 Å². The van der Waals surface area contributed by atoms with Crippen LogP contribution in [0.15, 0.2) is 58.9 Å². The largest absolute Gasteiger partial charge is 0.497 e. The molecule has 1 atom stereocenters. The monoisotopic (exact) mass is 428 g/mol. The number of carbonyl (C=O) groups is 1. The number of rotatable bonds is 10. The Bertz CT molecular complexity index is 901. The number of aromatic nitrogens is 2. The van der Waals surface area contributed by atoms with Crippen molar-refractivity contribution in [2.45, 2.75) is 29.5 Å². The van der Waals surface area contributed by atoms with Crippen molar-refractivity contribution in [1.82, 2.24) is 15.5 Å². The Kier molecular flexibility index (Phi) is 7.89. The SMILES string of the molecule is COc1ccc(CCNC(=O)C(C)Sc2nnc(NCc3ccccc3)s2)cc1. The lowest BCUT2D eigenvalue weighted by atomic mass is 10.1. The van der Waals surface area contributed by atoms with Gasteiger partial charge in [-0.3, -0.25) is 4.79 Å². The van der Waals surface area contributed by atoms with Crippen molar-refractivity contribution < 1.29 is 9.53 Å². The lowest BCUT2D eigenvalue weighted by molar-refractivity contribution is -0.120. The van der Waals surface area contributed by atoms with E-state index in [4.69, 9.17) is 4.74 Å². The molecule has 0 fully saturated rings. The van der Waals surface area contributed by atoms with Gasteiger partial charge in [-0.05, 0) is 36.6 Å². The predicted molar refractivity (Wildman–Crippen MR) is 119 cm³/mol. The number of nitrogens with one attached hydrogen (secondary N) is 2. The third kappa shape index (κ3) is 6.76. The first-order valence-corrected chi connectivity index (χ1v) is 11.0. The number of ether oxygens (including phenoxy) is 1. The fourth-order valence-electron chi connectivity index (χ4n) is 2.57. The van der Waals surface area contributed by atoms with Crippen molar-refractivity contribution >= 4 is 34.1 Å². The molecule has 6 nitrogen and oxygen atoms in total. The first kappa shape index (κ1) is 21.1. The molecule has 0 spiro atoms. The van der Waals surface area contributed by atoms with Gasteiger partial charge < -0.3 is 15.4 Å². The van der Waals surface area contributed by atoms with Gasteiger partial charge in [0.05, 0.1) is 12.4 Å². The van der Waals surface area contributed by atoms with Crippen LogP contribution in [0.1, 0.15) is 18.1 Å². The van der Waals surface area contributed by atoms with Gasteiger partial charge in [-0.15, -0.1) is 10.2 Å². The molecule has 0 saturated heterocycles. The van der Waals surface area contributed by atoms with E-state index >= 15 is 0 Å². The van der Waals surface area contributed by atoms with Crippen molar-refractivity contribution in [3.8, 4) is 5.75 Å². The third-order valence-corrected chi connectivity index (χ3v) is 6.28. The van der Waals surface area contributed by atoms with Crippen molar-refractivity contribution in [2.24, 2.45) is 0 Å². The minimum atomic E-state index is -0.235. The zero-order valence-electron chi connectivity index (χ0n) is 16.4. The Morgan fingerprint density at radius 3 is 2.59 bits per heavy atom. The number of hydrogen-bond acceptors (Lipinski definition) is 7. The van der Waals surface area contributed by atoms with Crippen LogP contribution in [0.25, 0.3) is 0 Å². The van der Waals surface area contributed by atoms with Crippen LogP contribution in [0.4, 0.5) is 5.13 Å². The number of methoxy groups -OCH3 is 1. The Labute approximate surface area is 179 Å². The Morgan fingerprint density at radius 2 is 1.86 bits per heavy atom. The van der Waals surface area contributed by atoms with Crippen LogP contribution < -0.4 is 15.4 Å². The number of amides is 1. The minimum Gasteiger partial charge on any atom is -0.497 e. The van der Waals surface area contributed by atoms with E-state index in [1.807, 2.05) is 49.4 Å². The highest BCUT2D eigenvalue weighted by molar-refractivity contribution is 8.02. The molecule has 0 aliphatic rings. The predicted octanol–water partition coefficient (Wildman–Crippen LogP) is 4.00. The summed E-state index contributed by atoms with van der Waals surface area (Å²) in [6, 6.07) is 18.0. The molecule has 0 bridgehead atoms. The van der Waals surface area contributed by atoms with Gasteiger partial charge in [-0.25, -0.2) is 0 Å². The molecular formula is C21H24N4O2S2. The maximum absolute atomic E-state index is 12.3. The standard InChI is InChI=1S/C21H24N4O2S2/c1-15(19(26)22-13-12-16-8-10-18(27-2)11-9-16)28-21-25-24-20(29-21)23-14-17-6-4-3-5-7-17/h3-11,15H,12-14H2,1-2H3,(H,22,26)(H,23,24). The van der Waals surface area contributed by atoms with Gasteiger partial charge in [0.15, 0.2) is 4.34 Å². The third-order valence-electron chi connectivity index (χ3n) is 4.21. The first-order valence-electron chi connectivity index (χ1n) is 9.32. The van der Waals surface area contributed by atoms with E-state index in [2.05, 4.69) is 33.0 Å². The Hall–Kier alpha value is -2.58. The fraction of sp³-hybridized carbons (Fsp3) is 0.286. The van der Waals surface area contributed by atoms with Gasteiger partial charge in [-0.2, -0.15) is 0 Å². The molecule has 1 aromatic heterocycles. The molecule has 1 amide bonds. The van der Waals surface area contributed by atoms with Crippen LogP contribution in [-0.2, 0) is 17.8 Å². The van der Waals surface area contributed by atoms with E-state index in [1.54, 1.807) is 7.11 Å². The molecule has 3 rings (SSSR count). The summed E-state index contributed by atoms with van der Waals surface area (Å²) in [4.78, 5) is 12.3. The molecule has 0 aliphatic heterocycles. The Balaban J connectivity index is 1.40. The molecule has 29 heavy (non-hydrogen) atoms. The summed E-state index contributed by atoms with van der Waals surface area (Å²) >= 11 is 2.88. The van der Waals surface area contributed by atoms with E-state index in [9.17, 15) is 4.79 Å². The van der Waals surface area contributed by atoms with Gasteiger partial charge in [-0.1, -0.05) is 65.6 Å². The highest BCUT2D eigenvalue weighted by Gasteiger charge is 2.16. The van der Waals surface area contributed by atoms with E-state index in [-0.39, 0.29) is 11.2 Å². The molecule has 1 heterocycles. The van der Waals surface area contributed by atoms with Gasteiger partial charge in [0.25, 0.3) is 0 Å². The number of benzene rings is 2. The summed E-state index contributed by atoms with van der Waals surface area (Å²) in [5.41, 5.74) is 2.34. The molecule has 152 valence electrons. The fourth-order valence-corrected chi connectivity index (χ4v) is 4.49. The van der Waals surface area contributed by atoms with Gasteiger partial charge in [0.1, 0.15) is 5.75 Å². The van der Waals surface area contributed by atoms with E-state index in [1.165, 1.54) is 28.7 Å². The molecule has 0 aliphatic carbocycles. The minimum absolute atomic E-state index is 0.00231. The maximum atomic E-state index is 12.3. The summed E-state index contributed by atoms with van der Waals surface area (Å²) < 4.78 is 5.93. The number of thioether (sulfide) groups is 1. The smallest absolute Gasteiger partial charge is 0.233 e. The summed E-state index contributed by atoms with van der Waals surface area (Å²) in [6.45, 7) is 3.17. The lowest BCUT2D eigenvalue weighted by Gasteiger charge is -2.10. The van der Waals surface area contributed by atoms with Crippen LogP contribution in [0.3, 0.4) is 0 Å². The molecular weight excluding hydrogens is 404 g/mol. The van der Waals surface area contributed by atoms with Crippen LogP contribution in [-0.4, -0.2) is 35.0 Å². The number of carbonyl (C=O) groups excluding carboxylic acids is 1. The second-order valence-electron chi connectivity index (χ2n) is 6.36. The quantitative estimate of drug-likeness (QED) is 0.476. The number of nitrogens with zero attached hydrogens (tertiary/aromatic N) is 2. The second kappa shape index (κ2) is 10.8. The molecule has 1 unspecified atom stereocenters. The summed E-state index contributed by atoms with van der Waals surface area (Å²) in [5.74, 6) is 0.829. The molecule has 2 aromatic carbocycles. The van der Waals surface area contributed by atoms with Crippen molar-refractivity contribution in [1.29, 1.82) is 0 Å². The van der Waals surface area contributed by atoms with Crippen LogP contribution in [0, 0.1) is 0 Å². The number of anilines is 1. The zero-order valence-corrected chi connectivity index (χ0v) is 18.1. The van der Waals surface area contributed by atoms with Crippen LogP contribution in [0.2, 0.25) is 0 Å². The molecule has 8 heteroatoms. The van der Waals surface area contributed by atoms with E-state index < -0.39 is 0 Å². The number of hydrogen-bond donors (Lipinski definition) is 2. The maximum Gasteiger partial charge on any atom is 0.233 e. The summed E-state index contributed by atoms with van der Waals surface area (Å²) in [7, 11) is 1.65. The van der Waals surface area contributed by atoms with Gasteiger partial charge in [0, 0.05) is 13.1 Å². The van der Waals surface area contributed by atoms with Crippen LogP contribution in [0.5, 0.6) is 5.75 Å². The van der Waals surface area contributed by atoms with Crippen LogP contribution >= 0.6 is 23.1 Å². The van der Waals surface area contributed by atoms with Gasteiger partial charge in [0.2, 0.25) is 11.0 Å². The highest BCUT2D eigenvalue weighted by atomic mass is 32.2. The lowest BCUT2D eigenvalue weighted by Crippen LogP contribution is -2.32. The first-order chi connectivity index (χ1) is 14.1. The van der Waals surface area contributed by atoms with E-state index in [0.29, 0.717) is 13.1 Å². The van der Waals surface area contributed by atoms with Gasteiger partial charge >= 0.3 is 0 Å². The van der Waals surface area contributed by atoms with Crippen molar-refractivity contribution in [3.63, 3.8) is 0 Å². The summed E-state index contributed by atoms with van der Waals surface area (Å²) in [6.07, 6.45) is 0.777. The molecule has 2 N–H and O–H groups in total. The zero-order chi connectivity index (χ0) is 20.5. The average molecular weight is 429 g/mol. The molecule has 0 saturated carbocycles. The highest BCUT2D eigenvalue weighted by Crippen LogP contribution is 2.29. The average Bonchev–Trinajstić information content (AvgIpc) is 3.20. The second-order valence-corrected chi connectivity index (χ2v) is 8.93. The molecule has 3 aromatic rings. The van der Waals surface area contributed by atoms with Crippen molar-refractivity contribution in [2.75, 3.05) is 19.0 Å². The summed E-state index contributed by atoms with van der Waals surface area (Å²) in [5, 5.41) is 15.1. The topological polar surface area (TPSA) is 76.1 Å². The molecule has 0 radical (unpaired) electrons. The Morgan fingerprint density at radius 1 is 1.10 bits per heavy atom. The van der Waals surface area contributed by atoms with E-state index in [0.717, 1.165) is 27.2 Å². The normalized spacial score (nSPS) is 11.7.